The van der Waals surface area contributed by atoms with Crippen LogP contribution < -0.4 is 5.32 Å². The number of aliphatic hydroxyl groups is 3. The summed E-state index contributed by atoms with van der Waals surface area (Å²) in [4.78, 5) is 12.5. The lowest BCUT2D eigenvalue weighted by Crippen LogP contribution is -2.45. The SMILES string of the molecule is CCCCCCCCCCC/C=C\C/C=C\CCCCCCCC(O)CC(=O)NC(CO)C(O)/C=C/CC/C=C/CCCCCCCCCCCCCCCCCC. The van der Waals surface area contributed by atoms with Crippen molar-refractivity contribution in [3.8, 4) is 0 Å². The molecule has 0 radical (unpaired) electrons. The van der Waals surface area contributed by atoms with E-state index in [1.54, 1.807) is 6.08 Å². The molecule has 0 saturated carbocycles. The molecule has 0 aromatic carbocycles. The predicted octanol–water partition coefficient (Wildman–Crippen LogP) is 15.3. The Morgan fingerprint density at radius 2 is 0.793 bits per heavy atom. The van der Waals surface area contributed by atoms with E-state index in [4.69, 9.17) is 0 Å². The predicted molar refractivity (Wildman–Crippen MR) is 254 cm³/mol. The third kappa shape index (κ3) is 43.9. The molecule has 4 N–H and O–H groups in total. The summed E-state index contributed by atoms with van der Waals surface area (Å²) in [5, 5.41) is 33.3. The molecule has 58 heavy (non-hydrogen) atoms. The Morgan fingerprint density at radius 3 is 1.21 bits per heavy atom. The molecule has 5 nitrogen and oxygen atoms in total. The Hall–Kier alpha value is -1.69. The number of hydrogen-bond acceptors (Lipinski definition) is 4. The van der Waals surface area contributed by atoms with Crippen molar-refractivity contribution in [2.24, 2.45) is 0 Å². The van der Waals surface area contributed by atoms with Crippen molar-refractivity contribution >= 4 is 5.91 Å². The lowest BCUT2D eigenvalue weighted by Gasteiger charge is -2.20. The molecule has 0 aromatic heterocycles. The van der Waals surface area contributed by atoms with Crippen molar-refractivity contribution in [2.75, 3.05) is 6.61 Å². The summed E-state index contributed by atoms with van der Waals surface area (Å²) in [6, 6.07) is -0.768. The topological polar surface area (TPSA) is 89.8 Å². The lowest BCUT2D eigenvalue weighted by molar-refractivity contribution is -0.124. The fraction of sp³-hybridized carbons (Fsp3) is 0.830. The third-order valence-electron chi connectivity index (χ3n) is 11.6. The average molecular weight is 814 g/mol. The molecule has 0 fully saturated rings. The number of amides is 1. The molecule has 3 atom stereocenters. The fourth-order valence-electron chi connectivity index (χ4n) is 7.68. The molecular formula is C53H99NO4. The summed E-state index contributed by atoms with van der Waals surface area (Å²) >= 11 is 0. The van der Waals surface area contributed by atoms with E-state index in [9.17, 15) is 20.1 Å². The second-order valence-corrected chi connectivity index (χ2v) is 17.4. The van der Waals surface area contributed by atoms with Crippen LogP contribution in [0.4, 0.5) is 0 Å². The second-order valence-electron chi connectivity index (χ2n) is 17.4. The Balaban J connectivity index is 3.69. The smallest absolute Gasteiger partial charge is 0.222 e. The minimum Gasteiger partial charge on any atom is -0.394 e. The quantitative estimate of drug-likeness (QED) is 0.0364. The van der Waals surface area contributed by atoms with E-state index in [1.165, 1.54) is 180 Å². The number of nitrogens with one attached hydrogen (secondary N) is 1. The van der Waals surface area contributed by atoms with Gasteiger partial charge in [0, 0.05) is 0 Å². The van der Waals surface area contributed by atoms with Gasteiger partial charge in [0.15, 0.2) is 0 Å². The van der Waals surface area contributed by atoms with E-state index in [2.05, 4.69) is 55.6 Å². The Bertz CT molecular complexity index is 943. The van der Waals surface area contributed by atoms with Crippen molar-refractivity contribution in [2.45, 2.75) is 276 Å². The van der Waals surface area contributed by atoms with Crippen LogP contribution in [-0.4, -0.2) is 46.1 Å². The van der Waals surface area contributed by atoms with Crippen molar-refractivity contribution in [3.05, 3.63) is 48.6 Å². The number of hydrogen-bond donors (Lipinski definition) is 4. The summed E-state index contributed by atoms with van der Waals surface area (Å²) in [6.45, 7) is 4.21. The Morgan fingerprint density at radius 1 is 0.448 bits per heavy atom. The number of rotatable bonds is 46. The van der Waals surface area contributed by atoms with Crippen molar-refractivity contribution in [1.82, 2.24) is 5.32 Å². The van der Waals surface area contributed by atoms with Crippen LogP contribution in [0.25, 0.3) is 0 Å². The number of unbranched alkanes of at least 4 members (excludes halogenated alkanes) is 31. The molecule has 0 aromatic rings. The maximum Gasteiger partial charge on any atom is 0.222 e. The van der Waals surface area contributed by atoms with E-state index in [-0.39, 0.29) is 18.9 Å². The monoisotopic (exact) mass is 814 g/mol. The summed E-state index contributed by atoms with van der Waals surface area (Å²) < 4.78 is 0. The molecule has 0 saturated heterocycles. The van der Waals surface area contributed by atoms with Gasteiger partial charge < -0.3 is 20.6 Å². The van der Waals surface area contributed by atoms with Gasteiger partial charge in [-0.25, -0.2) is 0 Å². The van der Waals surface area contributed by atoms with Gasteiger partial charge >= 0.3 is 0 Å². The van der Waals surface area contributed by atoms with E-state index >= 15 is 0 Å². The van der Waals surface area contributed by atoms with E-state index in [0.717, 1.165) is 51.4 Å². The number of carbonyl (C=O) groups is 1. The molecule has 0 aliphatic rings. The van der Waals surface area contributed by atoms with Gasteiger partial charge in [-0.15, -0.1) is 0 Å². The summed E-state index contributed by atoms with van der Waals surface area (Å²) in [6.07, 6.45) is 62.7. The zero-order chi connectivity index (χ0) is 42.3. The molecule has 0 aliphatic heterocycles. The first-order valence-electron chi connectivity index (χ1n) is 25.4. The number of allylic oxidation sites excluding steroid dienone is 7. The normalized spacial score (nSPS) is 13.8. The lowest BCUT2D eigenvalue weighted by atomic mass is 10.0. The highest BCUT2D eigenvalue weighted by Crippen LogP contribution is 2.15. The summed E-state index contributed by atoms with van der Waals surface area (Å²) in [5.41, 5.74) is 0. The molecule has 340 valence electrons. The van der Waals surface area contributed by atoms with Gasteiger partial charge in [0.1, 0.15) is 0 Å². The first-order chi connectivity index (χ1) is 28.5. The van der Waals surface area contributed by atoms with E-state index in [0.29, 0.717) is 6.42 Å². The van der Waals surface area contributed by atoms with Crippen LogP contribution in [0.1, 0.15) is 258 Å². The van der Waals surface area contributed by atoms with Gasteiger partial charge in [-0.2, -0.15) is 0 Å². The molecule has 5 heteroatoms. The van der Waals surface area contributed by atoms with Gasteiger partial charge in [0.25, 0.3) is 0 Å². The molecule has 3 unspecified atom stereocenters. The van der Waals surface area contributed by atoms with Crippen LogP contribution in [0.15, 0.2) is 48.6 Å². The second kappa shape index (κ2) is 48.0. The zero-order valence-electron chi connectivity index (χ0n) is 38.7. The molecule has 1 amide bonds. The van der Waals surface area contributed by atoms with Gasteiger partial charge in [0.2, 0.25) is 5.91 Å². The minimum absolute atomic E-state index is 0.00440. The maximum absolute atomic E-state index is 12.5. The molecular weight excluding hydrogens is 715 g/mol. The minimum atomic E-state index is -0.958. The van der Waals surface area contributed by atoms with Crippen LogP contribution in [0.2, 0.25) is 0 Å². The Kier molecular flexibility index (Phi) is 46.6. The zero-order valence-corrected chi connectivity index (χ0v) is 38.7. The van der Waals surface area contributed by atoms with Gasteiger partial charge in [-0.3, -0.25) is 4.79 Å². The van der Waals surface area contributed by atoms with Gasteiger partial charge in [-0.1, -0.05) is 236 Å². The Labute approximate surface area is 361 Å². The highest BCUT2D eigenvalue weighted by Gasteiger charge is 2.20. The fourth-order valence-corrected chi connectivity index (χ4v) is 7.68. The number of carbonyl (C=O) groups excluding carboxylic acids is 1. The highest BCUT2D eigenvalue weighted by molar-refractivity contribution is 5.76. The molecule has 0 heterocycles. The maximum atomic E-state index is 12.5. The molecule has 0 bridgehead atoms. The van der Waals surface area contributed by atoms with E-state index < -0.39 is 18.2 Å². The largest absolute Gasteiger partial charge is 0.394 e. The molecule has 0 aliphatic carbocycles. The van der Waals surface area contributed by atoms with Crippen LogP contribution in [0.5, 0.6) is 0 Å². The highest BCUT2D eigenvalue weighted by atomic mass is 16.3. The van der Waals surface area contributed by atoms with Crippen LogP contribution in [0.3, 0.4) is 0 Å². The van der Waals surface area contributed by atoms with Crippen LogP contribution >= 0.6 is 0 Å². The molecule has 0 rings (SSSR count). The first-order valence-corrected chi connectivity index (χ1v) is 25.4. The molecule has 0 spiro atoms. The third-order valence-corrected chi connectivity index (χ3v) is 11.6. The summed E-state index contributed by atoms with van der Waals surface area (Å²) in [7, 11) is 0. The number of aliphatic hydroxyl groups excluding tert-OH is 3. The van der Waals surface area contributed by atoms with Gasteiger partial charge in [-0.05, 0) is 64.2 Å². The standard InChI is InChI=1S/C53H99NO4/c1-3-5-7-9-11-13-15-17-19-21-23-25-27-29-31-33-35-37-39-41-43-45-47-52(57)51(49-55)54-53(58)48-50(56)46-44-42-40-38-36-34-32-30-28-26-24-22-20-18-16-14-12-10-8-6-4-2/h24,26,30,32,37,39,45,47,50-52,55-57H,3-23,25,27-29,31,33-36,38,40-44,46,48-49H2,1-2H3,(H,54,58)/b26-24-,32-30-,39-37+,47-45+. The van der Waals surface area contributed by atoms with Crippen molar-refractivity contribution in [3.63, 3.8) is 0 Å². The van der Waals surface area contributed by atoms with Gasteiger partial charge in [0.05, 0.1) is 31.3 Å². The van der Waals surface area contributed by atoms with E-state index in [1.807, 2.05) is 6.08 Å². The first kappa shape index (κ1) is 56.3. The summed E-state index contributed by atoms with van der Waals surface area (Å²) in [5.74, 6) is -0.332. The van der Waals surface area contributed by atoms with Crippen LogP contribution in [0, 0.1) is 0 Å². The van der Waals surface area contributed by atoms with Crippen LogP contribution in [-0.2, 0) is 4.79 Å². The van der Waals surface area contributed by atoms with Crippen molar-refractivity contribution < 1.29 is 20.1 Å². The van der Waals surface area contributed by atoms with Crippen molar-refractivity contribution in [1.29, 1.82) is 0 Å². The average Bonchev–Trinajstić information content (AvgIpc) is 3.22.